The smallest absolute Gasteiger partial charge is 0.192 e. The Morgan fingerprint density at radius 1 is 1.48 bits per heavy atom. The van der Waals surface area contributed by atoms with Gasteiger partial charge in [-0.15, -0.1) is 40.6 Å². The molecule has 21 heavy (non-hydrogen) atoms. The van der Waals surface area contributed by atoms with Crippen LogP contribution in [0, 0.1) is 25.2 Å². The molecule has 0 radical (unpaired) electrons. The highest BCUT2D eigenvalue weighted by molar-refractivity contribution is 14.0. The Labute approximate surface area is 143 Å². The molecule has 1 atom stereocenters. The second-order valence-electron chi connectivity index (χ2n) is 4.96. The summed E-state index contributed by atoms with van der Waals surface area (Å²) >= 11 is 0. The fourth-order valence-electron chi connectivity index (χ4n) is 2.38. The van der Waals surface area contributed by atoms with Gasteiger partial charge < -0.3 is 15.2 Å². The Morgan fingerprint density at radius 3 is 3.00 bits per heavy atom. The van der Waals surface area contributed by atoms with Crippen LogP contribution in [0.4, 0.5) is 0 Å². The van der Waals surface area contributed by atoms with Gasteiger partial charge in [-0.05, 0) is 26.2 Å². The van der Waals surface area contributed by atoms with E-state index in [-0.39, 0.29) is 24.0 Å². The van der Waals surface area contributed by atoms with Gasteiger partial charge >= 0.3 is 0 Å². The van der Waals surface area contributed by atoms with Crippen LogP contribution >= 0.6 is 24.0 Å². The van der Waals surface area contributed by atoms with Crippen LogP contribution in [0.2, 0.25) is 0 Å². The first-order valence-corrected chi connectivity index (χ1v) is 7.09. The standard InChI is InChI=1S/C14H22N6.HI/c1-4-8-16-14(15-5-2)17-9-12-6-7-13-19-18-11(3)20(13)10-12;/h1,12H,5-10H2,2-3H3,(H2,15,16,17);1H. The molecule has 0 amide bonds. The third-order valence-electron chi connectivity index (χ3n) is 3.44. The third-order valence-corrected chi connectivity index (χ3v) is 3.44. The topological polar surface area (TPSA) is 67.1 Å². The molecule has 2 N–H and O–H groups in total. The first kappa shape index (κ1) is 17.8. The summed E-state index contributed by atoms with van der Waals surface area (Å²) in [5, 5.41) is 14.6. The Bertz CT molecular complexity index is 516. The van der Waals surface area contributed by atoms with Gasteiger partial charge in [-0.1, -0.05) is 5.92 Å². The molecule has 0 saturated carbocycles. The average molecular weight is 402 g/mol. The van der Waals surface area contributed by atoms with Crippen molar-refractivity contribution in [2.75, 3.05) is 19.6 Å². The summed E-state index contributed by atoms with van der Waals surface area (Å²) in [5.74, 6) is 5.96. The van der Waals surface area contributed by atoms with Crippen molar-refractivity contribution in [3.05, 3.63) is 11.6 Å². The van der Waals surface area contributed by atoms with Crippen LogP contribution in [0.5, 0.6) is 0 Å². The largest absolute Gasteiger partial charge is 0.357 e. The lowest BCUT2D eigenvalue weighted by Crippen LogP contribution is -2.38. The number of aromatic nitrogens is 3. The molecule has 0 spiro atoms. The van der Waals surface area contributed by atoms with Gasteiger partial charge in [0.25, 0.3) is 0 Å². The van der Waals surface area contributed by atoms with Crippen molar-refractivity contribution in [3.63, 3.8) is 0 Å². The predicted octanol–water partition coefficient (Wildman–Crippen LogP) is 0.955. The van der Waals surface area contributed by atoms with E-state index in [2.05, 4.69) is 36.3 Å². The number of nitrogens with one attached hydrogen (secondary N) is 2. The van der Waals surface area contributed by atoms with Gasteiger partial charge in [0.2, 0.25) is 0 Å². The number of fused-ring (bicyclic) bond motifs is 1. The van der Waals surface area contributed by atoms with E-state index in [1.807, 2.05) is 13.8 Å². The normalized spacial score (nSPS) is 17.4. The number of rotatable bonds is 4. The van der Waals surface area contributed by atoms with Crippen LogP contribution in [-0.4, -0.2) is 40.4 Å². The monoisotopic (exact) mass is 402 g/mol. The van der Waals surface area contributed by atoms with E-state index in [0.717, 1.165) is 50.1 Å². The van der Waals surface area contributed by atoms with Crippen LogP contribution < -0.4 is 10.6 Å². The third kappa shape index (κ3) is 4.88. The highest BCUT2D eigenvalue weighted by Crippen LogP contribution is 2.19. The number of hydrogen-bond donors (Lipinski definition) is 2. The second kappa shape index (κ2) is 8.87. The summed E-state index contributed by atoms with van der Waals surface area (Å²) in [7, 11) is 0. The molecule has 6 nitrogen and oxygen atoms in total. The molecule has 1 aromatic rings. The van der Waals surface area contributed by atoms with Crippen LogP contribution in [-0.2, 0) is 13.0 Å². The summed E-state index contributed by atoms with van der Waals surface area (Å²) in [4.78, 5) is 4.61. The minimum Gasteiger partial charge on any atom is -0.357 e. The number of guanidine groups is 1. The van der Waals surface area contributed by atoms with Gasteiger partial charge in [0.05, 0.1) is 6.54 Å². The maximum absolute atomic E-state index is 5.26. The summed E-state index contributed by atoms with van der Waals surface area (Å²) in [6.07, 6.45) is 7.35. The Balaban J connectivity index is 0.00000220. The Kier molecular flexibility index (Phi) is 7.50. The van der Waals surface area contributed by atoms with Crippen molar-refractivity contribution in [1.82, 2.24) is 25.4 Å². The fourth-order valence-corrected chi connectivity index (χ4v) is 2.38. The number of terminal acetylenes is 1. The SMILES string of the molecule is C#CCNC(=NCC1CCc2nnc(C)n2C1)NCC.I. The first-order valence-electron chi connectivity index (χ1n) is 7.09. The van der Waals surface area contributed by atoms with E-state index in [1.165, 1.54) is 0 Å². The summed E-state index contributed by atoms with van der Waals surface area (Å²) in [6, 6.07) is 0. The van der Waals surface area contributed by atoms with Crippen molar-refractivity contribution in [3.8, 4) is 12.3 Å². The van der Waals surface area contributed by atoms with Crippen molar-refractivity contribution in [2.45, 2.75) is 33.2 Å². The van der Waals surface area contributed by atoms with Crippen LogP contribution in [0.3, 0.4) is 0 Å². The van der Waals surface area contributed by atoms with E-state index < -0.39 is 0 Å². The molecule has 116 valence electrons. The van der Waals surface area contributed by atoms with Crippen molar-refractivity contribution < 1.29 is 0 Å². The highest BCUT2D eigenvalue weighted by Gasteiger charge is 2.21. The summed E-state index contributed by atoms with van der Waals surface area (Å²) in [5.41, 5.74) is 0. The Morgan fingerprint density at radius 2 is 2.29 bits per heavy atom. The number of aryl methyl sites for hydroxylation is 2. The predicted molar refractivity (Wildman–Crippen MR) is 94.8 cm³/mol. The van der Waals surface area contributed by atoms with Gasteiger partial charge in [0.15, 0.2) is 5.96 Å². The molecule has 1 aromatic heterocycles. The van der Waals surface area contributed by atoms with Gasteiger partial charge in [-0.25, -0.2) is 0 Å². The Hall–Kier alpha value is -1.30. The molecule has 1 unspecified atom stereocenters. The molecule has 7 heteroatoms. The summed E-state index contributed by atoms with van der Waals surface area (Å²) < 4.78 is 2.20. The number of nitrogens with zero attached hydrogens (tertiary/aromatic N) is 4. The van der Waals surface area contributed by atoms with Gasteiger partial charge in [-0.2, -0.15) is 0 Å². The lowest BCUT2D eigenvalue weighted by Gasteiger charge is -2.22. The number of hydrogen-bond acceptors (Lipinski definition) is 3. The van der Waals surface area contributed by atoms with E-state index >= 15 is 0 Å². The van der Waals surface area contributed by atoms with Crippen molar-refractivity contribution >= 4 is 29.9 Å². The van der Waals surface area contributed by atoms with Crippen molar-refractivity contribution in [2.24, 2.45) is 10.9 Å². The number of aliphatic imine (C=N–C) groups is 1. The van der Waals surface area contributed by atoms with E-state index in [1.54, 1.807) is 0 Å². The minimum absolute atomic E-state index is 0. The van der Waals surface area contributed by atoms with Gasteiger partial charge in [0.1, 0.15) is 11.6 Å². The maximum Gasteiger partial charge on any atom is 0.192 e. The lowest BCUT2D eigenvalue weighted by molar-refractivity contribution is 0.369. The minimum atomic E-state index is 0. The highest BCUT2D eigenvalue weighted by atomic mass is 127. The zero-order chi connectivity index (χ0) is 14.4. The fraction of sp³-hybridized carbons (Fsp3) is 0.643. The van der Waals surface area contributed by atoms with Crippen LogP contribution in [0.15, 0.2) is 4.99 Å². The molecule has 0 aromatic carbocycles. The lowest BCUT2D eigenvalue weighted by atomic mass is 9.99. The number of halogens is 1. The zero-order valence-electron chi connectivity index (χ0n) is 12.6. The molecule has 0 bridgehead atoms. The quantitative estimate of drug-likeness (QED) is 0.341. The summed E-state index contributed by atoms with van der Waals surface area (Å²) in [6.45, 7) is 7.10. The molecular formula is C14H23IN6. The second-order valence-corrected chi connectivity index (χ2v) is 4.96. The van der Waals surface area contributed by atoms with E-state index in [9.17, 15) is 0 Å². The van der Waals surface area contributed by atoms with E-state index in [4.69, 9.17) is 6.42 Å². The maximum atomic E-state index is 5.26. The zero-order valence-corrected chi connectivity index (χ0v) is 14.9. The molecular weight excluding hydrogens is 379 g/mol. The van der Waals surface area contributed by atoms with Crippen LogP contribution in [0.25, 0.3) is 0 Å². The molecule has 0 fully saturated rings. The average Bonchev–Trinajstić information content (AvgIpc) is 2.83. The molecule has 2 rings (SSSR count). The van der Waals surface area contributed by atoms with Crippen molar-refractivity contribution in [1.29, 1.82) is 0 Å². The first-order chi connectivity index (χ1) is 9.74. The molecule has 1 aliphatic heterocycles. The molecule has 1 aliphatic rings. The molecule has 0 aliphatic carbocycles. The van der Waals surface area contributed by atoms with Gasteiger partial charge in [0, 0.05) is 26.1 Å². The molecule has 0 saturated heterocycles. The molecule has 2 heterocycles. The van der Waals surface area contributed by atoms with Gasteiger partial charge in [-0.3, -0.25) is 4.99 Å². The van der Waals surface area contributed by atoms with Crippen LogP contribution in [0.1, 0.15) is 25.0 Å². The van der Waals surface area contributed by atoms with E-state index in [0.29, 0.717) is 12.5 Å².